The van der Waals surface area contributed by atoms with Gasteiger partial charge in [-0.05, 0) is 44.0 Å². The number of nitrogens with zero attached hydrogens (tertiary/aromatic N) is 1. The number of hydrogen-bond donors (Lipinski definition) is 2. The fourth-order valence-corrected chi connectivity index (χ4v) is 2.45. The molecule has 0 radical (unpaired) electrons. The van der Waals surface area contributed by atoms with Gasteiger partial charge in [-0.1, -0.05) is 13.8 Å². The minimum atomic E-state index is -0.334. The Bertz CT molecular complexity index is 421. The number of carbonyl (C=O) groups is 1. The van der Waals surface area contributed by atoms with E-state index >= 15 is 0 Å². The first-order chi connectivity index (χ1) is 9.52. The molecule has 3 N–H and O–H groups in total. The topological polar surface area (TPSA) is 58.4 Å². The Kier molecular flexibility index (Phi) is 5.95. The third kappa shape index (κ3) is 3.48. The molecule has 0 aliphatic rings. The lowest BCUT2D eigenvalue weighted by Crippen LogP contribution is -2.56. The normalized spacial score (nSPS) is 11.2. The number of likely N-dealkylation sites (N-methyl/N-ethyl adjacent to an activating group) is 1. The molecule has 0 aromatic heterocycles. The number of urea groups is 1. The van der Waals surface area contributed by atoms with Gasteiger partial charge in [-0.25, -0.2) is 9.18 Å². The van der Waals surface area contributed by atoms with Gasteiger partial charge in [0.15, 0.2) is 0 Å². The Balaban J connectivity index is 2.89. The van der Waals surface area contributed by atoms with E-state index in [2.05, 4.69) is 5.32 Å². The second-order valence-electron chi connectivity index (χ2n) is 4.82. The number of nitrogens with two attached hydrogens (primary N) is 1. The molecule has 1 rings (SSSR count). The molecule has 4 nitrogen and oxygen atoms in total. The molecule has 5 heteroatoms. The molecule has 0 atom stereocenters. The SMILES string of the molecule is CCN(C(=O)Nc1ccc(F)cc1)C(CC)(CC)CN. The average Bonchev–Trinajstić information content (AvgIpc) is 2.47. The fraction of sp³-hybridized carbons (Fsp3) is 0.533. The summed E-state index contributed by atoms with van der Waals surface area (Å²) in [4.78, 5) is 14.2. The van der Waals surface area contributed by atoms with E-state index < -0.39 is 0 Å². The van der Waals surface area contributed by atoms with E-state index in [0.29, 0.717) is 18.8 Å². The van der Waals surface area contributed by atoms with Crippen LogP contribution >= 0.6 is 0 Å². The number of nitrogens with one attached hydrogen (secondary N) is 1. The van der Waals surface area contributed by atoms with Crippen LogP contribution in [0.2, 0.25) is 0 Å². The van der Waals surface area contributed by atoms with Gasteiger partial charge in [-0.2, -0.15) is 0 Å². The third-order valence-electron chi connectivity index (χ3n) is 3.93. The van der Waals surface area contributed by atoms with Gasteiger partial charge in [0, 0.05) is 18.8 Å². The predicted octanol–water partition coefficient (Wildman–Crippen LogP) is 3.20. The highest BCUT2D eigenvalue weighted by Crippen LogP contribution is 2.24. The van der Waals surface area contributed by atoms with E-state index in [4.69, 9.17) is 5.73 Å². The van der Waals surface area contributed by atoms with Crippen LogP contribution in [-0.4, -0.2) is 29.6 Å². The fourth-order valence-electron chi connectivity index (χ4n) is 2.45. The molecule has 0 heterocycles. The van der Waals surface area contributed by atoms with Crippen LogP contribution in [-0.2, 0) is 0 Å². The van der Waals surface area contributed by atoms with Crippen molar-refractivity contribution in [1.82, 2.24) is 4.90 Å². The van der Waals surface area contributed by atoms with Crippen molar-refractivity contribution in [1.29, 1.82) is 0 Å². The molecule has 0 saturated carbocycles. The largest absolute Gasteiger partial charge is 0.328 e. The number of carbonyl (C=O) groups excluding carboxylic acids is 1. The van der Waals surface area contributed by atoms with Crippen LogP contribution in [0, 0.1) is 5.82 Å². The quantitative estimate of drug-likeness (QED) is 0.841. The lowest BCUT2D eigenvalue weighted by atomic mass is 9.91. The Hall–Kier alpha value is -1.62. The molecule has 0 saturated heterocycles. The van der Waals surface area contributed by atoms with E-state index in [1.54, 1.807) is 17.0 Å². The van der Waals surface area contributed by atoms with E-state index in [-0.39, 0.29) is 17.4 Å². The van der Waals surface area contributed by atoms with Crippen molar-refractivity contribution in [3.8, 4) is 0 Å². The molecule has 0 unspecified atom stereocenters. The monoisotopic (exact) mass is 281 g/mol. The van der Waals surface area contributed by atoms with Gasteiger partial charge >= 0.3 is 6.03 Å². The summed E-state index contributed by atoms with van der Waals surface area (Å²) in [6.07, 6.45) is 1.59. The van der Waals surface area contributed by atoms with Gasteiger partial charge in [-0.15, -0.1) is 0 Å². The van der Waals surface area contributed by atoms with Crippen LogP contribution in [0.4, 0.5) is 14.9 Å². The van der Waals surface area contributed by atoms with Crippen molar-refractivity contribution in [3.63, 3.8) is 0 Å². The molecular formula is C15H24FN3O. The van der Waals surface area contributed by atoms with Crippen molar-refractivity contribution in [3.05, 3.63) is 30.1 Å². The molecule has 0 aliphatic heterocycles. The maximum atomic E-state index is 12.9. The summed E-state index contributed by atoms with van der Waals surface area (Å²) < 4.78 is 12.9. The number of halogens is 1. The molecular weight excluding hydrogens is 257 g/mol. The van der Waals surface area contributed by atoms with Gasteiger partial charge in [0.1, 0.15) is 5.82 Å². The Morgan fingerprint density at radius 1 is 1.25 bits per heavy atom. The second kappa shape index (κ2) is 7.24. The zero-order valence-corrected chi connectivity index (χ0v) is 12.4. The van der Waals surface area contributed by atoms with Crippen molar-refractivity contribution in [2.24, 2.45) is 5.73 Å². The highest BCUT2D eigenvalue weighted by Gasteiger charge is 2.34. The van der Waals surface area contributed by atoms with Crippen LogP contribution in [0.1, 0.15) is 33.6 Å². The molecule has 0 aliphatic carbocycles. The van der Waals surface area contributed by atoms with Gasteiger partial charge < -0.3 is 16.0 Å². The standard InChI is InChI=1S/C15H24FN3O/c1-4-15(5-2,11-17)19(6-3)14(20)18-13-9-7-12(16)8-10-13/h7-10H,4-6,11,17H2,1-3H3,(H,18,20). The first-order valence-electron chi connectivity index (χ1n) is 7.07. The Morgan fingerprint density at radius 2 is 1.80 bits per heavy atom. The number of hydrogen-bond acceptors (Lipinski definition) is 2. The maximum absolute atomic E-state index is 12.9. The van der Waals surface area contributed by atoms with E-state index in [0.717, 1.165) is 12.8 Å². The minimum Gasteiger partial charge on any atom is -0.328 e. The summed E-state index contributed by atoms with van der Waals surface area (Å²) in [6.45, 7) is 6.99. The second-order valence-corrected chi connectivity index (χ2v) is 4.82. The van der Waals surface area contributed by atoms with E-state index in [1.807, 2.05) is 20.8 Å². The summed E-state index contributed by atoms with van der Waals surface area (Å²) in [5, 5.41) is 2.79. The smallest absolute Gasteiger partial charge is 0.322 e. The third-order valence-corrected chi connectivity index (χ3v) is 3.93. The van der Waals surface area contributed by atoms with E-state index in [1.165, 1.54) is 12.1 Å². The Labute approximate surface area is 120 Å². The summed E-state index contributed by atoms with van der Waals surface area (Å²) >= 11 is 0. The minimum absolute atomic E-state index is 0.201. The van der Waals surface area contributed by atoms with Crippen molar-refractivity contribution in [2.45, 2.75) is 39.2 Å². The molecule has 1 aromatic carbocycles. The first kappa shape index (κ1) is 16.4. The number of amides is 2. The van der Waals surface area contributed by atoms with Crippen LogP contribution in [0.5, 0.6) is 0 Å². The van der Waals surface area contributed by atoms with Gasteiger partial charge in [0.2, 0.25) is 0 Å². The zero-order valence-electron chi connectivity index (χ0n) is 12.4. The molecule has 112 valence electrons. The van der Waals surface area contributed by atoms with Gasteiger partial charge in [0.05, 0.1) is 5.54 Å². The van der Waals surface area contributed by atoms with Crippen LogP contribution < -0.4 is 11.1 Å². The summed E-state index contributed by atoms with van der Waals surface area (Å²) in [5.74, 6) is -0.325. The van der Waals surface area contributed by atoms with Crippen molar-refractivity contribution in [2.75, 3.05) is 18.4 Å². The molecule has 1 aromatic rings. The lowest BCUT2D eigenvalue weighted by molar-refractivity contribution is 0.122. The summed E-state index contributed by atoms with van der Waals surface area (Å²) in [7, 11) is 0. The maximum Gasteiger partial charge on any atom is 0.322 e. The van der Waals surface area contributed by atoms with Gasteiger partial charge in [0.25, 0.3) is 0 Å². The Morgan fingerprint density at radius 3 is 2.20 bits per heavy atom. The lowest BCUT2D eigenvalue weighted by Gasteiger charge is -2.41. The molecule has 20 heavy (non-hydrogen) atoms. The van der Waals surface area contributed by atoms with E-state index in [9.17, 15) is 9.18 Å². The highest BCUT2D eigenvalue weighted by atomic mass is 19.1. The highest BCUT2D eigenvalue weighted by molar-refractivity contribution is 5.89. The number of rotatable bonds is 6. The summed E-state index contributed by atoms with van der Waals surface area (Å²) in [6, 6.07) is 5.53. The van der Waals surface area contributed by atoms with Crippen LogP contribution in [0.25, 0.3) is 0 Å². The number of benzene rings is 1. The average molecular weight is 281 g/mol. The molecule has 0 bridgehead atoms. The zero-order chi connectivity index (χ0) is 15.2. The first-order valence-corrected chi connectivity index (χ1v) is 7.07. The predicted molar refractivity (Wildman–Crippen MR) is 80.2 cm³/mol. The van der Waals surface area contributed by atoms with Crippen molar-refractivity contribution >= 4 is 11.7 Å². The van der Waals surface area contributed by atoms with Crippen LogP contribution in [0.15, 0.2) is 24.3 Å². The van der Waals surface area contributed by atoms with Crippen LogP contribution in [0.3, 0.4) is 0 Å². The molecule has 0 fully saturated rings. The van der Waals surface area contributed by atoms with Gasteiger partial charge in [-0.3, -0.25) is 0 Å². The molecule has 2 amide bonds. The van der Waals surface area contributed by atoms with Crippen molar-refractivity contribution < 1.29 is 9.18 Å². The molecule has 0 spiro atoms. The number of anilines is 1. The summed E-state index contributed by atoms with van der Waals surface area (Å²) in [5.41, 5.74) is 6.13.